The van der Waals surface area contributed by atoms with Crippen LogP contribution in [0, 0.1) is 0 Å². The van der Waals surface area contributed by atoms with Crippen molar-refractivity contribution in [2.24, 2.45) is 5.73 Å². The van der Waals surface area contributed by atoms with Crippen LogP contribution in [0.5, 0.6) is 5.75 Å². The van der Waals surface area contributed by atoms with Gasteiger partial charge in [-0.15, -0.1) is 0 Å². The van der Waals surface area contributed by atoms with Crippen LogP contribution < -0.4 is 10.5 Å². The summed E-state index contributed by atoms with van der Waals surface area (Å²) in [6.07, 6.45) is 0. The molecule has 0 aromatic heterocycles. The number of hydrogen-bond donors (Lipinski definition) is 1. The van der Waals surface area contributed by atoms with E-state index < -0.39 is 6.04 Å². The fourth-order valence-corrected chi connectivity index (χ4v) is 1.90. The predicted molar refractivity (Wildman–Crippen MR) is 59.5 cm³/mol. The fraction of sp³-hybridized carbons (Fsp3) is 0.417. The molecule has 0 amide bonds. The molecule has 1 heterocycles. The number of rotatable bonds is 3. The molecule has 0 saturated heterocycles. The van der Waals surface area contributed by atoms with Crippen LogP contribution in [0.2, 0.25) is 0 Å². The molecule has 0 bridgehead atoms. The number of ether oxygens (including phenoxy) is 2. The third-order valence-corrected chi connectivity index (χ3v) is 2.76. The number of Topliss-reactive ketones (excluding diaryl/α,β-unsaturated/α-hetero) is 1. The summed E-state index contributed by atoms with van der Waals surface area (Å²) in [4.78, 5) is 12.0. The maximum atomic E-state index is 12.0. The van der Waals surface area contributed by atoms with E-state index in [1.54, 1.807) is 20.1 Å². The molecule has 0 radical (unpaired) electrons. The van der Waals surface area contributed by atoms with Crippen molar-refractivity contribution in [2.75, 3.05) is 7.11 Å². The summed E-state index contributed by atoms with van der Waals surface area (Å²) in [7, 11) is 1.55. The summed E-state index contributed by atoms with van der Waals surface area (Å²) in [6, 6.07) is 3.20. The van der Waals surface area contributed by atoms with Crippen LogP contribution >= 0.6 is 0 Å². The van der Waals surface area contributed by atoms with Crippen molar-refractivity contribution < 1.29 is 14.3 Å². The molecule has 1 unspecified atom stereocenters. The first-order valence-corrected chi connectivity index (χ1v) is 5.21. The number of fused-ring (bicyclic) bond motifs is 1. The Hall–Kier alpha value is -1.39. The Labute approximate surface area is 94.3 Å². The van der Waals surface area contributed by atoms with Gasteiger partial charge in [-0.1, -0.05) is 6.07 Å². The third kappa shape index (κ3) is 1.70. The predicted octanol–water partition coefficient (Wildman–Crippen LogP) is 1.26. The Morgan fingerprint density at radius 3 is 2.88 bits per heavy atom. The van der Waals surface area contributed by atoms with Gasteiger partial charge in [0.05, 0.1) is 31.9 Å². The Kier molecular flexibility index (Phi) is 2.94. The van der Waals surface area contributed by atoms with Crippen LogP contribution in [0.4, 0.5) is 0 Å². The molecule has 0 aliphatic carbocycles. The lowest BCUT2D eigenvalue weighted by atomic mass is 9.96. The summed E-state index contributed by atoms with van der Waals surface area (Å²) in [5.41, 5.74) is 8.18. The van der Waals surface area contributed by atoms with E-state index in [0.717, 1.165) is 11.1 Å². The van der Waals surface area contributed by atoms with Crippen molar-refractivity contribution in [3.8, 4) is 5.75 Å². The van der Waals surface area contributed by atoms with Gasteiger partial charge in [0, 0.05) is 0 Å². The van der Waals surface area contributed by atoms with Crippen LogP contribution in [0.25, 0.3) is 0 Å². The van der Waals surface area contributed by atoms with Crippen molar-refractivity contribution in [3.05, 3.63) is 28.8 Å². The molecule has 1 atom stereocenters. The molecule has 4 nitrogen and oxygen atoms in total. The maximum absolute atomic E-state index is 12.0. The fourth-order valence-electron chi connectivity index (χ4n) is 1.90. The number of ketones is 1. The highest BCUT2D eigenvalue weighted by Crippen LogP contribution is 2.31. The molecule has 2 N–H and O–H groups in total. The van der Waals surface area contributed by atoms with E-state index in [0.29, 0.717) is 24.5 Å². The number of nitrogens with two attached hydrogens (primary N) is 1. The van der Waals surface area contributed by atoms with E-state index in [4.69, 9.17) is 15.2 Å². The Bertz CT molecular complexity index is 427. The van der Waals surface area contributed by atoms with E-state index in [-0.39, 0.29) is 5.78 Å². The number of methoxy groups -OCH3 is 1. The highest BCUT2D eigenvalue weighted by molar-refractivity contribution is 6.03. The standard InChI is InChI=1S/C12H15NO3/c1-7(13)12(14)11-9-6-16-5-8(9)3-4-10(11)15-2/h3-4,7H,5-6,13H2,1-2H3. The molecule has 0 saturated carbocycles. The second kappa shape index (κ2) is 4.23. The van der Waals surface area contributed by atoms with Crippen molar-refractivity contribution in [2.45, 2.75) is 26.2 Å². The zero-order valence-corrected chi connectivity index (χ0v) is 9.45. The lowest BCUT2D eigenvalue weighted by Crippen LogP contribution is -2.28. The summed E-state index contributed by atoms with van der Waals surface area (Å²) >= 11 is 0. The van der Waals surface area contributed by atoms with Gasteiger partial charge in [-0.2, -0.15) is 0 Å². The average Bonchev–Trinajstić information content (AvgIpc) is 2.74. The number of carbonyl (C=O) groups excluding carboxylic acids is 1. The molecule has 1 aromatic rings. The van der Waals surface area contributed by atoms with E-state index in [2.05, 4.69) is 0 Å². The second-order valence-electron chi connectivity index (χ2n) is 3.93. The van der Waals surface area contributed by atoms with Gasteiger partial charge in [-0.25, -0.2) is 0 Å². The molecule has 1 aliphatic heterocycles. The monoisotopic (exact) mass is 221 g/mol. The van der Waals surface area contributed by atoms with Gasteiger partial charge >= 0.3 is 0 Å². The minimum atomic E-state index is -0.527. The summed E-state index contributed by atoms with van der Waals surface area (Å²) in [6.45, 7) is 2.69. The largest absolute Gasteiger partial charge is 0.496 e. The second-order valence-corrected chi connectivity index (χ2v) is 3.93. The molecule has 1 aromatic carbocycles. The smallest absolute Gasteiger partial charge is 0.183 e. The quantitative estimate of drug-likeness (QED) is 0.780. The topological polar surface area (TPSA) is 61.5 Å². The molecule has 4 heteroatoms. The Morgan fingerprint density at radius 2 is 2.25 bits per heavy atom. The number of benzene rings is 1. The van der Waals surface area contributed by atoms with Crippen molar-refractivity contribution >= 4 is 5.78 Å². The van der Waals surface area contributed by atoms with Crippen LogP contribution in [0.15, 0.2) is 12.1 Å². The lowest BCUT2D eigenvalue weighted by Gasteiger charge is -2.13. The minimum absolute atomic E-state index is 0.0980. The van der Waals surface area contributed by atoms with Gasteiger partial charge in [0.25, 0.3) is 0 Å². The lowest BCUT2D eigenvalue weighted by molar-refractivity contribution is 0.0959. The molecule has 2 rings (SSSR count). The molecule has 0 spiro atoms. The van der Waals surface area contributed by atoms with Crippen molar-refractivity contribution in [1.82, 2.24) is 0 Å². The molecule has 86 valence electrons. The van der Waals surface area contributed by atoms with Crippen LogP contribution in [-0.2, 0) is 18.0 Å². The van der Waals surface area contributed by atoms with E-state index in [1.807, 2.05) is 6.07 Å². The van der Waals surface area contributed by atoms with E-state index in [1.165, 1.54) is 0 Å². The van der Waals surface area contributed by atoms with Crippen LogP contribution in [0.3, 0.4) is 0 Å². The van der Waals surface area contributed by atoms with Gasteiger partial charge < -0.3 is 15.2 Å². The van der Waals surface area contributed by atoms with Crippen LogP contribution in [-0.4, -0.2) is 18.9 Å². The zero-order chi connectivity index (χ0) is 11.7. The van der Waals surface area contributed by atoms with E-state index >= 15 is 0 Å². The normalized spacial score (nSPS) is 15.7. The maximum Gasteiger partial charge on any atom is 0.183 e. The zero-order valence-electron chi connectivity index (χ0n) is 9.45. The summed E-state index contributed by atoms with van der Waals surface area (Å²) in [5, 5.41) is 0. The molecular weight excluding hydrogens is 206 g/mol. The van der Waals surface area contributed by atoms with Crippen molar-refractivity contribution in [3.63, 3.8) is 0 Å². The summed E-state index contributed by atoms with van der Waals surface area (Å²) in [5.74, 6) is 0.478. The van der Waals surface area contributed by atoms with Gasteiger partial charge in [0.2, 0.25) is 0 Å². The van der Waals surface area contributed by atoms with Gasteiger partial charge in [0.1, 0.15) is 5.75 Å². The molecule has 1 aliphatic rings. The third-order valence-electron chi connectivity index (χ3n) is 2.76. The number of hydrogen-bond acceptors (Lipinski definition) is 4. The SMILES string of the molecule is COc1ccc2c(c1C(=O)C(C)N)COC2. The van der Waals surface area contributed by atoms with Gasteiger partial charge in [0.15, 0.2) is 5.78 Å². The Morgan fingerprint density at radius 1 is 1.50 bits per heavy atom. The van der Waals surface area contributed by atoms with Gasteiger partial charge in [-0.05, 0) is 24.1 Å². The summed E-state index contributed by atoms with van der Waals surface area (Å²) < 4.78 is 10.5. The van der Waals surface area contributed by atoms with E-state index in [9.17, 15) is 4.79 Å². The number of carbonyl (C=O) groups is 1. The van der Waals surface area contributed by atoms with Gasteiger partial charge in [-0.3, -0.25) is 4.79 Å². The highest BCUT2D eigenvalue weighted by atomic mass is 16.5. The first-order valence-electron chi connectivity index (χ1n) is 5.21. The molecule has 0 fully saturated rings. The average molecular weight is 221 g/mol. The Balaban J connectivity index is 2.56. The van der Waals surface area contributed by atoms with Crippen molar-refractivity contribution in [1.29, 1.82) is 0 Å². The van der Waals surface area contributed by atoms with Crippen LogP contribution in [0.1, 0.15) is 28.4 Å². The first kappa shape index (κ1) is 11.1. The minimum Gasteiger partial charge on any atom is -0.496 e. The molecule has 16 heavy (non-hydrogen) atoms. The highest BCUT2D eigenvalue weighted by Gasteiger charge is 2.25. The first-order chi connectivity index (χ1) is 7.65. The molecular formula is C12H15NO3.